The van der Waals surface area contributed by atoms with Crippen LogP contribution >= 0.6 is 11.3 Å². The smallest absolute Gasteiger partial charge is 0.125 e. The topological polar surface area (TPSA) is 29.9 Å². The zero-order chi connectivity index (χ0) is 14.2. The minimum atomic E-state index is 0.376. The van der Waals surface area contributed by atoms with Crippen molar-refractivity contribution in [1.29, 1.82) is 0 Å². The monoisotopic (exact) mass is 291 g/mol. The molecule has 0 bridgehead atoms. The Kier molecular flexibility index (Phi) is 6.27. The third kappa shape index (κ3) is 4.18. The van der Waals surface area contributed by atoms with Gasteiger partial charge in [-0.25, -0.2) is 4.98 Å². The lowest BCUT2D eigenvalue weighted by atomic mass is 10.1. The molecule has 0 aliphatic rings. The second-order valence-electron chi connectivity index (χ2n) is 5.06. The normalized spacial score (nSPS) is 12.7. The minimum Gasteiger partial charge on any atom is -0.334 e. The van der Waals surface area contributed by atoms with E-state index in [4.69, 9.17) is 0 Å². The average Bonchev–Trinajstić information content (AvgIpc) is 3.09. The average molecular weight is 291 g/mol. The molecule has 4 heteroatoms. The fraction of sp³-hybridized carbons (Fsp3) is 0.562. The molecule has 0 saturated heterocycles. The number of aromatic nitrogens is 2. The molecule has 1 atom stereocenters. The lowest BCUT2D eigenvalue weighted by Crippen LogP contribution is -2.24. The molecule has 2 aromatic rings. The van der Waals surface area contributed by atoms with Crippen LogP contribution < -0.4 is 5.32 Å². The maximum Gasteiger partial charge on any atom is 0.125 e. The van der Waals surface area contributed by atoms with Crippen molar-refractivity contribution < 1.29 is 0 Å². The standard InChI is InChI=1S/C16H25N3S/c1-3-11-19-12-10-18-16(19)15(17-4-2)9-5-7-14-8-6-13-20-14/h6,8,10,12-13,15,17H,3-5,7,9,11H2,1-2H3. The first-order chi connectivity index (χ1) is 9.85. The summed E-state index contributed by atoms with van der Waals surface area (Å²) in [7, 11) is 0. The van der Waals surface area contributed by atoms with Crippen LogP contribution in [0.1, 0.15) is 49.9 Å². The van der Waals surface area contributed by atoms with Gasteiger partial charge >= 0.3 is 0 Å². The van der Waals surface area contributed by atoms with Crippen LogP contribution in [0.5, 0.6) is 0 Å². The number of thiophene rings is 1. The van der Waals surface area contributed by atoms with Crippen LogP contribution in [0.15, 0.2) is 29.9 Å². The Labute approximate surface area is 126 Å². The predicted molar refractivity (Wildman–Crippen MR) is 86.2 cm³/mol. The zero-order valence-electron chi connectivity index (χ0n) is 12.5. The van der Waals surface area contributed by atoms with Crippen LogP contribution in [0.4, 0.5) is 0 Å². The van der Waals surface area contributed by atoms with Crippen LogP contribution in [0.25, 0.3) is 0 Å². The number of aryl methyl sites for hydroxylation is 2. The first kappa shape index (κ1) is 15.3. The van der Waals surface area contributed by atoms with E-state index >= 15 is 0 Å². The van der Waals surface area contributed by atoms with E-state index in [1.54, 1.807) is 0 Å². The summed E-state index contributed by atoms with van der Waals surface area (Å²) in [5, 5.41) is 5.74. The van der Waals surface area contributed by atoms with Gasteiger partial charge in [0.05, 0.1) is 6.04 Å². The second-order valence-corrected chi connectivity index (χ2v) is 6.09. The van der Waals surface area contributed by atoms with Crippen molar-refractivity contribution in [2.75, 3.05) is 6.54 Å². The molecule has 0 aliphatic heterocycles. The Morgan fingerprint density at radius 3 is 3.00 bits per heavy atom. The molecular formula is C16H25N3S. The summed E-state index contributed by atoms with van der Waals surface area (Å²) >= 11 is 1.86. The highest BCUT2D eigenvalue weighted by Gasteiger charge is 2.15. The molecule has 0 radical (unpaired) electrons. The van der Waals surface area contributed by atoms with Crippen molar-refractivity contribution >= 4 is 11.3 Å². The molecule has 1 N–H and O–H groups in total. The number of hydrogen-bond acceptors (Lipinski definition) is 3. The Balaban J connectivity index is 1.93. The molecular weight excluding hydrogens is 266 g/mol. The largest absolute Gasteiger partial charge is 0.334 e. The van der Waals surface area contributed by atoms with Gasteiger partial charge in [0.1, 0.15) is 5.82 Å². The molecule has 0 saturated carbocycles. The van der Waals surface area contributed by atoms with E-state index < -0.39 is 0 Å². The van der Waals surface area contributed by atoms with E-state index in [1.807, 2.05) is 17.5 Å². The lowest BCUT2D eigenvalue weighted by molar-refractivity contribution is 0.452. The van der Waals surface area contributed by atoms with Gasteiger partial charge in [-0.15, -0.1) is 11.3 Å². The van der Waals surface area contributed by atoms with Crippen molar-refractivity contribution in [1.82, 2.24) is 14.9 Å². The van der Waals surface area contributed by atoms with Crippen molar-refractivity contribution in [3.63, 3.8) is 0 Å². The van der Waals surface area contributed by atoms with E-state index in [2.05, 4.69) is 52.4 Å². The van der Waals surface area contributed by atoms with Gasteiger partial charge in [0.25, 0.3) is 0 Å². The Hall–Kier alpha value is -1.13. The SMILES string of the molecule is CCCn1ccnc1C(CCCc1cccs1)NCC. The van der Waals surface area contributed by atoms with Crippen molar-refractivity contribution in [3.8, 4) is 0 Å². The van der Waals surface area contributed by atoms with Gasteiger partial charge in [-0.1, -0.05) is 19.9 Å². The molecule has 0 fully saturated rings. The summed E-state index contributed by atoms with van der Waals surface area (Å²) in [4.78, 5) is 6.06. The van der Waals surface area contributed by atoms with Crippen LogP contribution in [-0.4, -0.2) is 16.1 Å². The summed E-state index contributed by atoms with van der Waals surface area (Å²) in [6.07, 6.45) is 8.70. The third-order valence-corrected chi connectivity index (χ3v) is 4.41. The molecule has 20 heavy (non-hydrogen) atoms. The van der Waals surface area contributed by atoms with Gasteiger partial charge < -0.3 is 9.88 Å². The number of hydrogen-bond donors (Lipinski definition) is 1. The quantitative estimate of drug-likeness (QED) is 0.756. The fourth-order valence-corrected chi connectivity index (χ4v) is 3.32. The van der Waals surface area contributed by atoms with Crippen molar-refractivity contribution in [2.45, 2.75) is 52.1 Å². The molecule has 110 valence electrons. The van der Waals surface area contributed by atoms with Crippen LogP contribution in [0.3, 0.4) is 0 Å². The first-order valence-corrected chi connectivity index (χ1v) is 8.49. The van der Waals surface area contributed by atoms with E-state index in [0.717, 1.165) is 25.9 Å². The second kappa shape index (κ2) is 8.22. The van der Waals surface area contributed by atoms with Gasteiger partial charge in [-0.2, -0.15) is 0 Å². The minimum absolute atomic E-state index is 0.376. The van der Waals surface area contributed by atoms with Crippen molar-refractivity contribution in [2.24, 2.45) is 0 Å². The van der Waals surface area contributed by atoms with Gasteiger partial charge in [0.2, 0.25) is 0 Å². The Bertz CT molecular complexity index is 476. The van der Waals surface area contributed by atoms with Crippen LogP contribution in [0.2, 0.25) is 0 Å². The lowest BCUT2D eigenvalue weighted by Gasteiger charge is -2.18. The van der Waals surface area contributed by atoms with Crippen LogP contribution in [0, 0.1) is 0 Å². The van der Waals surface area contributed by atoms with Crippen molar-refractivity contribution in [3.05, 3.63) is 40.6 Å². The molecule has 2 heterocycles. The Morgan fingerprint density at radius 2 is 2.30 bits per heavy atom. The highest BCUT2D eigenvalue weighted by atomic mass is 32.1. The Morgan fingerprint density at radius 1 is 1.40 bits per heavy atom. The molecule has 0 aliphatic carbocycles. The summed E-state index contributed by atoms with van der Waals surface area (Å²) in [6.45, 7) is 6.42. The molecule has 1 unspecified atom stereocenters. The molecule has 0 spiro atoms. The maximum absolute atomic E-state index is 4.57. The summed E-state index contributed by atoms with van der Waals surface area (Å²) in [5.74, 6) is 1.19. The van der Waals surface area contributed by atoms with Gasteiger partial charge in [-0.05, 0) is 43.7 Å². The number of nitrogens with zero attached hydrogens (tertiary/aromatic N) is 2. The summed E-state index contributed by atoms with van der Waals surface area (Å²) in [5.41, 5.74) is 0. The van der Waals surface area contributed by atoms with E-state index in [-0.39, 0.29) is 0 Å². The third-order valence-electron chi connectivity index (χ3n) is 3.47. The summed E-state index contributed by atoms with van der Waals surface area (Å²) < 4.78 is 2.29. The highest BCUT2D eigenvalue weighted by molar-refractivity contribution is 7.09. The van der Waals surface area contributed by atoms with E-state index in [0.29, 0.717) is 6.04 Å². The first-order valence-electron chi connectivity index (χ1n) is 7.62. The molecule has 2 aromatic heterocycles. The van der Waals surface area contributed by atoms with E-state index in [9.17, 15) is 0 Å². The molecule has 0 aromatic carbocycles. The number of imidazole rings is 1. The summed E-state index contributed by atoms with van der Waals surface area (Å²) in [6, 6.07) is 4.74. The molecule has 3 nitrogen and oxygen atoms in total. The maximum atomic E-state index is 4.57. The van der Waals surface area contributed by atoms with Gasteiger partial charge in [-0.3, -0.25) is 0 Å². The highest BCUT2D eigenvalue weighted by Crippen LogP contribution is 2.20. The molecule has 2 rings (SSSR count). The number of nitrogens with one attached hydrogen (secondary N) is 1. The fourth-order valence-electron chi connectivity index (χ4n) is 2.56. The van der Waals surface area contributed by atoms with Gasteiger partial charge in [0.15, 0.2) is 0 Å². The van der Waals surface area contributed by atoms with Crippen LogP contribution in [-0.2, 0) is 13.0 Å². The predicted octanol–water partition coefficient (Wildman–Crippen LogP) is 4.03. The zero-order valence-corrected chi connectivity index (χ0v) is 13.3. The van der Waals surface area contributed by atoms with Gasteiger partial charge in [0, 0.05) is 23.8 Å². The van der Waals surface area contributed by atoms with E-state index in [1.165, 1.54) is 23.5 Å². The molecule has 0 amide bonds. The number of rotatable bonds is 9.